The zero-order valence-electron chi connectivity index (χ0n) is 13.1. The van der Waals surface area contributed by atoms with Crippen LogP contribution in [0.25, 0.3) is 0 Å². The maximum atomic E-state index is 13.3. The van der Waals surface area contributed by atoms with E-state index in [0.717, 1.165) is 11.1 Å². The quantitative estimate of drug-likeness (QED) is 0.791. The van der Waals surface area contributed by atoms with E-state index >= 15 is 0 Å². The summed E-state index contributed by atoms with van der Waals surface area (Å²) in [6.45, 7) is 1.94. The molecule has 2 rings (SSSR count). The van der Waals surface area contributed by atoms with E-state index in [9.17, 15) is 9.18 Å². The number of aryl methyl sites for hydroxylation is 1. The van der Waals surface area contributed by atoms with Crippen molar-refractivity contribution in [3.8, 4) is 6.07 Å². The van der Waals surface area contributed by atoms with E-state index < -0.39 is 5.82 Å². The molecule has 0 fully saturated rings. The van der Waals surface area contributed by atoms with Gasteiger partial charge in [0.25, 0.3) is 0 Å². The molecule has 4 nitrogen and oxygen atoms in total. The summed E-state index contributed by atoms with van der Waals surface area (Å²) in [5, 5.41) is 14.4. The fourth-order valence-corrected chi connectivity index (χ4v) is 2.57. The zero-order valence-corrected chi connectivity index (χ0v) is 13.9. The molecule has 0 bridgehead atoms. The lowest BCUT2D eigenvalue weighted by molar-refractivity contribution is -0.120. The van der Waals surface area contributed by atoms with Crippen molar-refractivity contribution in [2.75, 3.05) is 13.1 Å². The largest absolute Gasteiger partial charge is 0.342 e. The van der Waals surface area contributed by atoms with Gasteiger partial charge in [0.1, 0.15) is 12.4 Å². The Morgan fingerprint density at radius 1 is 1.29 bits per heavy atom. The second kappa shape index (κ2) is 8.44. The Kier molecular flexibility index (Phi) is 6.30. The Morgan fingerprint density at radius 3 is 2.62 bits per heavy atom. The average Bonchev–Trinajstić information content (AvgIpc) is 2.56. The van der Waals surface area contributed by atoms with Gasteiger partial charge in [-0.3, -0.25) is 10.1 Å². The minimum atomic E-state index is -0.418. The number of hydrogen-bond donors (Lipinski definition) is 2. The molecular weight excluding hydrogens is 329 g/mol. The maximum absolute atomic E-state index is 13.3. The Balaban J connectivity index is 2.26. The van der Waals surface area contributed by atoms with E-state index in [-0.39, 0.29) is 30.1 Å². The second-order valence-electron chi connectivity index (χ2n) is 5.33. The summed E-state index contributed by atoms with van der Waals surface area (Å²) in [6, 6.07) is 13.4. The standard InChI is InChI=1S/C18H17ClFN3O/c1-12-2-4-13(5-3-12)18(23-11-17(24)22-9-8-21)15-7-6-14(20)10-16(15)19/h2-7,10,18,23H,9,11H2,1H3,(H,22,24)/t18-/m1/s1. The van der Waals surface area contributed by atoms with Crippen molar-refractivity contribution in [3.05, 3.63) is 70.0 Å². The summed E-state index contributed by atoms with van der Waals surface area (Å²) in [5.41, 5.74) is 2.69. The van der Waals surface area contributed by atoms with Gasteiger partial charge < -0.3 is 5.32 Å². The second-order valence-corrected chi connectivity index (χ2v) is 5.73. The number of rotatable bonds is 6. The topological polar surface area (TPSA) is 64.9 Å². The molecule has 0 heterocycles. The fraction of sp³-hybridized carbons (Fsp3) is 0.222. The summed E-state index contributed by atoms with van der Waals surface area (Å²) < 4.78 is 13.3. The summed E-state index contributed by atoms with van der Waals surface area (Å²) >= 11 is 6.18. The highest BCUT2D eigenvalue weighted by molar-refractivity contribution is 6.31. The Morgan fingerprint density at radius 2 is 2.00 bits per heavy atom. The summed E-state index contributed by atoms with van der Waals surface area (Å²) in [6.07, 6.45) is 0. The molecule has 2 aromatic carbocycles. The molecule has 1 atom stereocenters. The Hall–Kier alpha value is -2.42. The number of carbonyl (C=O) groups excluding carboxylic acids is 1. The molecule has 24 heavy (non-hydrogen) atoms. The third-order valence-corrected chi connectivity index (χ3v) is 3.84. The number of halogens is 2. The van der Waals surface area contributed by atoms with Gasteiger partial charge in [0.2, 0.25) is 5.91 Å². The maximum Gasteiger partial charge on any atom is 0.234 e. The van der Waals surface area contributed by atoms with Crippen molar-refractivity contribution in [1.29, 1.82) is 5.26 Å². The van der Waals surface area contributed by atoms with Gasteiger partial charge in [0.05, 0.1) is 18.7 Å². The van der Waals surface area contributed by atoms with E-state index in [1.54, 1.807) is 6.07 Å². The van der Waals surface area contributed by atoms with Crippen molar-refractivity contribution in [3.63, 3.8) is 0 Å². The van der Waals surface area contributed by atoms with Gasteiger partial charge in [-0.05, 0) is 30.2 Å². The van der Waals surface area contributed by atoms with E-state index in [4.69, 9.17) is 16.9 Å². The molecule has 0 aliphatic heterocycles. The van der Waals surface area contributed by atoms with E-state index in [2.05, 4.69) is 10.6 Å². The molecule has 124 valence electrons. The molecule has 0 unspecified atom stereocenters. The van der Waals surface area contributed by atoms with Crippen LogP contribution in [0.5, 0.6) is 0 Å². The number of hydrogen-bond acceptors (Lipinski definition) is 3. The van der Waals surface area contributed by atoms with Gasteiger partial charge in [-0.1, -0.05) is 47.5 Å². The van der Waals surface area contributed by atoms with Crippen molar-refractivity contribution in [2.45, 2.75) is 13.0 Å². The highest BCUT2D eigenvalue weighted by Gasteiger charge is 2.18. The molecule has 0 saturated carbocycles. The molecule has 1 amide bonds. The molecule has 0 saturated heterocycles. The van der Waals surface area contributed by atoms with Crippen molar-refractivity contribution in [1.82, 2.24) is 10.6 Å². The molecule has 0 spiro atoms. The Labute approximate surface area is 145 Å². The molecule has 2 aromatic rings. The lowest BCUT2D eigenvalue weighted by Gasteiger charge is -2.21. The van der Waals surface area contributed by atoms with Crippen LogP contribution >= 0.6 is 11.6 Å². The molecular formula is C18H17ClFN3O. The third kappa shape index (κ3) is 4.79. The number of nitrogens with zero attached hydrogens (tertiary/aromatic N) is 1. The van der Waals surface area contributed by atoms with Crippen LogP contribution in [0.4, 0.5) is 4.39 Å². The van der Waals surface area contributed by atoms with E-state index in [1.807, 2.05) is 37.3 Å². The highest BCUT2D eigenvalue weighted by Crippen LogP contribution is 2.29. The molecule has 0 radical (unpaired) electrons. The first-order chi connectivity index (χ1) is 11.5. The summed E-state index contributed by atoms with van der Waals surface area (Å²) in [7, 11) is 0. The lowest BCUT2D eigenvalue weighted by atomic mass is 9.97. The van der Waals surface area contributed by atoms with Crippen LogP contribution in [0.3, 0.4) is 0 Å². The van der Waals surface area contributed by atoms with Gasteiger partial charge in [-0.15, -0.1) is 0 Å². The van der Waals surface area contributed by atoms with Gasteiger partial charge in [0, 0.05) is 5.02 Å². The van der Waals surface area contributed by atoms with E-state index in [0.29, 0.717) is 5.56 Å². The molecule has 0 aromatic heterocycles. The van der Waals surface area contributed by atoms with Crippen LogP contribution in [0.15, 0.2) is 42.5 Å². The normalized spacial score (nSPS) is 11.6. The Bertz CT molecular complexity index is 756. The predicted octanol–water partition coefficient (Wildman–Crippen LogP) is 3.11. The first-order valence-electron chi connectivity index (χ1n) is 7.40. The van der Waals surface area contributed by atoms with Crippen LogP contribution in [0, 0.1) is 24.1 Å². The van der Waals surface area contributed by atoms with Gasteiger partial charge in [-0.2, -0.15) is 5.26 Å². The van der Waals surface area contributed by atoms with E-state index in [1.165, 1.54) is 12.1 Å². The van der Waals surface area contributed by atoms with Crippen LogP contribution in [-0.4, -0.2) is 19.0 Å². The van der Waals surface area contributed by atoms with Crippen molar-refractivity contribution in [2.24, 2.45) is 0 Å². The minimum Gasteiger partial charge on any atom is -0.342 e. The summed E-state index contributed by atoms with van der Waals surface area (Å²) in [4.78, 5) is 11.7. The zero-order chi connectivity index (χ0) is 17.5. The monoisotopic (exact) mass is 345 g/mol. The molecule has 2 N–H and O–H groups in total. The lowest BCUT2D eigenvalue weighted by Crippen LogP contribution is -2.36. The predicted molar refractivity (Wildman–Crippen MR) is 91.1 cm³/mol. The minimum absolute atomic E-state index is 0.00787. The number of nitrogens with one attached hydrogen (secondary N) is 2. The van der Waals surface area contributed by atoms with Crippen molar-refractivity contribution >= 4 is 17.5 Å². The molecule has 6 heteroatoms. The average molecular weight is 346 g/mol. The van der Waals surface area contributed by atoms with Gasteiger partial charge in [-0.25, -0.2) is 4.39 Å². The number of amides is 1. The third-order valence-electron chi connectivity index (χ3n) is 3.52. The molecule has 0 aliphatic rings. The smallest absolute Gasteiger partial charge is 0.234 e. The SMILES string of the molecule is Cc1ccc([C@@H](NCC(=O)NCC#N)c2ccc(F)cc2Cl)cc1. The summed E-state index contributed by atoms with van der Waals surface area (Å²) in [5.74, 6) is -0.718. The first kappa shape index (κ1) is 17.9. The van der Waals surface area contributed by atoms with Crippen LogP contribution in [0.2, 0.25) is 5.02 Å². The van der Waals surface area contributed by atoms with Crippen LogP contribution in [0.1, 0.15) is 22.7 Å². The number of nitriles is 1. The number of benzene rings is 2. The van der Waals surface area contributed by atoms with Gasteiger partial charge in [0.15, 0.2) is 0 Å². The first-order valence-corrected chi connectivity index (χ1v) is 7.77. The van der Waals surface area contributed by atoms with Gasteiger partial charge >= 0.3 is 0 Å². The van der Waals surface area contributed by atoms with Crippen LogP contribution < -0.4 is 10.6 Å². The molecule has 0 aliphatic carbocycles. The highest BCUT2D eigenvalue weighted by atomic mass is 35.5. The fourth-order valence-electron chi connectivity index (χ4n) is 2.30. The number of carbonyl (C=O) groups is 1. The van der Waals surface area contributed by atoms with Crippen molar-refractivity contribution < 1.29 is 9.18 Å². The van der Waals surface area contributed by atoms with Crippen LogP contribution in [-0.2, 0) is 4.79 Å².